The number of carbonyl (C=O) groups is 1. The first-order chi connectivity index (χ1) is 9.17. The van der Waals surface area contributed by atoms with E-state index in [4.69, 9.17) is 9.52 Å². The SMILES string of the molecule is O=C1NC(c2ccc3oc(=O)[nH]c3c2)CN1CCO. The molecule has 0 radical (unpaired) electrons. The molecule has 2 heterocycles. The summed E-state index contributed by atoms with van der Waals surface area (Å²) >= 11 is 0. The van der Waals surface area contributed by atoms with E-state index in [1.54, 1.807) is 17.0 Å². The van der Waals surface area contributed by atoms with Gasteiger partial charge in [-0.25, -0.2) is 9.59 Å². The van der Waals surface area contributed by atoms with Crippen LogP contribution in [-0.2, 0) is 0 Å². The van der Waals surface area contributed by atoms with Crippen molar-refractivity contribution >= 4 is 17.1 Å². The molecule has 0 saturated carbocycles. The molecule has 1 saturated heterocycles. The number of H-pyrrole nitrogens is 1. The Morgan fingerprint density at radius 1 is 1.42 bits per heavy atom. The highest BCUT2D eigenvalue weighted by Gasteiger charge is 2.29. The Morgan fingerprint density at radius 3 is 3.05 bits per heavy atom. The molecule has 1 unspecified atom stereocenters. The summed E-state index contributed by atoms with van der Waals surface area (Å²) in [6.45, 7) is 0.744. The van der Waals surface area contributed by atoms with Crippen LogP contribution < -0.4 is 11.1 Å². The van der Waals surface area contributed by atoms with Gasteiger partial charge in [-0.05, 0) is 17.7 Å². The first-order valence-electron chi connectivity index (χ1n) is 5.96. The maximum Gasteiger partial charge on any atom is 0.417 e. The van der Waals surface area contributed by atoms with E-state index in [0.29, 0.717) is 24.2 Å². The molecule has 3 N–H and O–H groups in total. The molecule has 1 aromatic heterocycles. The zero-order chi connectivity index (χ0) is 13.4. The molecule has 1 fully saturated rings. The Morgan fingerprint density at radius 2 is 2.26 bits per heavy atom. The molecule has 0 aliphatic carbocycles. The zero-order valence-electron chi connectivity index (χ0n) is 10.0. The van der Waals surface area contributed by atoms with Crippen molar-refractivity contribution in [2.24, 2.45) is 0 Å². The highest BCUT2D eigenvalue weighted by Crippen LogP contribution is 2.22. The van der Waals surface area contributed by atoms with Gasteiger partial charge in [-0.2, -0.15) is 0 Å². The molecule has 2 aromatic rings. The van der Waals surface area contributed by atoms with E-state index in [9.17, 15) is 9.59 Å². The fourth-order valence-electron chi connectivity index (χ4n) is 2.28. The highest BCUT2D eigenvalue weighted by atomic mass is 16.4. The molecule has 1 aromatic carbocycles. The number of aliphatic hydroxyl groups excluding tert-OH is 1. The van der Waals surface area contributed by atoms with Crippen LogP contribution in [0.4, 0.5) is 4.79 Å². The Hall–Kier alpha value is -2.28. The second-order valence-corrected chi connectivity index (χ2v) is 4.44. The van der Waals surface area contributed by atoms with Crippen molar-refractivity contribution in [3.63, 3.8) is 0 Å². The second kappa shape index (κ2) is 4.43. The maximum absolute atomic E-state index is 11.6. The number of β-amino-alcohol motifs (C(OH)–C–C–N with tert-alkyl or cyclic N) is 1. The molecule has 1 aliphatic heterocycles. The average Bonchev–Trinajstić information content (AvgIpc) is 2.91. The lowest BCUT2D eigenvalue weighted by atomic mass is 10.1. The van der Waals surface area contributed by atoms with Crippen LogP contribution in [0.5, 0.6) is 0 Å². The minimum absolute atomic E-state index is 0.0613. The average molecular weight is 263 g/mol. The van der Waals surface area contributed by atoms with Gasteiger partial charge in [0.1, 0.15) is 0 Å². The molecule has 1 atom stereocenters. The highest BCUT2D eigenvalue weighted by molar-refractivity contribution is 5.78. The molecule has 7 heteroatoms. The number of hydrogen-bond donors (Lipinski definition) is 3. The number of nitrogens with one attached hydrogen (secondary N) is 2. The first kappa shape index (κ1) is 11.8. The number of urea groups is 1. The van der Waals surface area contributed by atoms with Crippen LogP contribution in [0.3, 0.4) is 0 Å². The number of carbonyl (C=O) groups excluding carboxylic acids is 1. The van der Waals surface area contributed by atoms with Gasteiger partial charge in [0.05, 0.1) is 18.2 Å². The van der Waals surface area contributed by atoms with Crippen LogP contribution >= 0.6 is 0 Å². The van der Waals surface area contributed by atoms with E-state index in [1.165, 1.54) is 0 Å². The minimum Gasteiger partial charge on any atom is -0.408 e. The summed E-state index contributed by atoms with van der Waals surface area (Å²) in [7, 11) is 0. The standard InChI is InChI=1S/C12H13N3O4/c16-4-3-15-6-9(13-11(15)17)7-1-2-10-8(5-7)14-12(18)19-10/h1-2,5,9,16H,3-4,6H2,(H,13,17)(H,14,18). The van der Waals surface area contributed by atoms with Crippen molar-refractivity contribution in [3.8, 4) is 0 Å². The van der Waals surface area contributed by atoms with Gasteiger partial charge in [-0.3, -0.25) is 4.98 Å². The summed E-state index contributed by atoms with van der Waals surface area (Å²) in [5, 5.41) is 11.7. The predicted octanol–water partition coefficient (Wildman–Crippen LogP) is 0.180. The van der Waals surface area contributed by atoms with E-state index >= 15 is 0 Å². The van der Waals surface area contributed by atoms with E-state index in [0.717, 1.165) is 5.56 Å². The van der Waals surface area contributed by atoms with Gasteiger partial charge in [-0.15, -0.1) is 0 Å². The molecule has 0 bridgehead atoms. The van der Waals surface area contributed by atoms with Gasteiger partial charge in [0.25, 0.3) is 0 Å². The van der Waals surface area contributed by atoms with Crippen molar-refractivity contribution in [1.29, 1.82) is 0 Å². The normalized spacial score (nSPS) is 19.1. The molecular weight excluding hydrogens is 250 g/mol. The number of nitrogens with zero attached hydrogens (tertiary/aromatic N) is 1. The number of benzene rings is 1. The van der Waals surface area contributed by atoms with E-state index < -0.39 is 5.76 Å². The Kier molecular flexibility index (Phi) is 2.75. The molecule has 0 spiro atoms. The smallest absolute Gasteiger partial charge is 0.408 e. The van der Waals surface area contributed by atoms with Crippen molar-refractivity contribution in [3.05, 3.63) is 34.3 Å². The number of aliphatic hydroxyl groups is 1. The minimum atomic E-state index is -0.496. The third kappa shape index (κ3) is 2.08. The van der Waals surface area contributed by atoms with Crippen molar-refractivity contribution in [1.82, 2.24) is 15.2 Å². The van der Waals surface area contributed by atoms with Gasteiger partial charge in [-0.1, -0.05) is 6.07 Å². The van der Waals surface area contributed by atoms with Gasteiger partial charge in [0.15, 0.2) is 5.58 Å². The van der Waals surface area contributed by atoms with E-state index in [2.05, 4.69) is 10.3 Å². The number of oxazole rings is 1. The topological polar surface area (TPSA) is 98.6 Å². The molecule has 7 nitrogen and oxygen atoms in total. The summed E-state index contributed by atoms with van der Waals surface area (Å²) < 4.78 is 4.92. The van der Waals surface area contributed by atoms with Crippen molar-refractivity contribution in [2.45, 2.75) is 6.04 Å². The number of hydrogen-bond acceptors (Lipinski definition) is 4. The molecule has 3 rings (SSSR count). The molecular formula is C12H13N3O4. The quantitative estimate of drug-likeness (QED) is 0.735. The third-order valence-electron chi connectivity index (χ3n) is 3.20. The third-order valence-corrected chi connectivity index (χ3v) is 3.20. The summed E-state index contributed by atoms with van der Waals surface area (Å²) in [4.78, 5) is 26.9. The molecule has 2 amide bonds. The van der Waals surface area contributed by atoms with Crippen molar-refractivity contribution < 1.29 is 14.3 Å². The summed E-state index contributed by atoms with van der Waals surface area (Å²) in [5.74, 6) is -0.496. The fourth-order valence-corrected chi connectivity index (χ4v) is 2.28. The van der Waals surface area contributed by atoms with Gasteiger partial charge < -0.3 is 19.7 Å². The fraction of sp³-hybridized carbons (Fsp3) is 0.333. The van der Waals surface area contributed by atoms with Gasteiger partial charge in [0, 0.05) is 13.1 Å². The second-order valence-electron chi connectivity index (χ2n) is 4.44. The molecule has 100 valence electrons. The van der Waals surface area contributed by atoms with Crippen molar-refractivity contribution in [2.75, 3.05) is 19.7 Å². The maximum atomic E-state index is 11.6. The lowest BCUT2D eigenvalue weighted by molar-refractivity contribution is 0.196. The molecule has 19 heavy (non-hydrogen) atoms. The van der Waals surface area contributed by atoms with Crippen LogP contribution in [-0.4, -0.2) is 40.7 Å². The number of aromatic nitrogens is 1. The van der Waals surface area contributed by atoms with Crippen LogP contribution in [0.2, 0.25) is 0 Å². The molecule has 1 aliphatic rings. The van der Waals surface area contributed by atoms with Gasteiger partial charge >= 0.3 is 11.8 Å². The monoisotopic (exact) mass is 263 g/mol. The number of rotatable bonds is 3. The first-order valence-corrected chi connectivity index (χ1v) is 5.96. The van der Waals surface area contributed by atoms with E-state index in [1.807, 2.05) is 6.07 Å². The number of aromatic amines is 1. The van der Waals surface area contributed by atoms with Crippen LogP contribution in [0.1, 0.15) is 11.6 Å². The Bertz CT molecular complexity index is 675. The lowest BCUT2D eigenvalue weighted by Gasteiger charge is -2.12. The predicted molar refractivity (Wildman–Crippen MR) is 66.8 cm³/mol. The number of amides is 2. The lowest BCUT2D eigenvalue weighted by Crippen LogP contribution is -2.30. The Balaban J connectivity index is 1.88. The zero-order valence-corrected chi connectivity index (χ0v) is 10.0. The van der Waals surface area contributed by atoms with E-state index in [-0.39, 0.29) is 18.7 Å². The van der Waals surface area contributed by atoms with Crippen LogP contribution in [0, 0.1) is 0 Å². The Labute approximate surface area is 107 Å². The largest absolute Gasteiger partial charge is 0.417 e. The summed E-state index contributed by atoms with van der Waals surface area (Å²) in [5.41, 5.74) is 1.99. The van der Waals surface area contributed by atoms with Crippen LogP contribution in [0.15, 0.2) is 27.4 Å². The summed E-state index contributed by atoms with van der Waals surface area (Å²) in [6, 6.07) is 4.95. The van der Waals surface area contributed by atoms with Crippen LogP contribution in [0.25, 0.3) is 11.1 Å². The summed E-state index contributed by atoms with van der Waals surface area (Å²) in [6.07, 6.45) is 0. The van der Waals surface area contributed by atoms with Gasteiger partial charge in [0.2, 0.25) is 0 Å². The number of fused-ring (bicyclic) bond motifs is 1.